The van der Waals surface area contributed by atoms with E-state index in [0.717, 1.165) is 3.58 Å². The van der Waals surface area contributed by atoms with E-state index in [1.807, 2.05) is 30.3 Å². The van der Waals surface area contributed by atoms with E-state index in [2.05, 4.69) is 0 Å². The molecule has 2 radical (unpaired) electrons. The van der Waals surface area contributed by atoms with Gasteiger partial charge in [0.15, 0.2) is 0 Å². The number of hydrogen-bond acceptors (Lipinski definition) is 1. The molecule has 0 unspecified atom stereocenters. The predicted molar refractivity (Wildman–Crippen MR) is 39.9 cm³/mol. The summed E-state index contributed by atoms with van der Waals surface area (Å²) < 4.78 is 0.397. The molecule has 50 valence electrons. The van der Waals surface area contributed by atoms with Gasteiger partial charge < -0.3 is 0 Å². The first kappa shape index (κ1) is 7.59. The number of hydrogen-bond donors (Lipinski definition) is 1. The molecule has 1 aromatic rings. The van der Waals surface area contributed by atoms with Crippen LogP contribution in [0.1, 0.15) is 0 Å². The third-order valence-electron chi connectivity index (χ3n) is 1.03. The molecule has 0 spiro atoms. The first-order chi connectivity index (χ1) is 4.79. The summed E-state index contributed by atoms with van der Waals surface area (Å²) in [6.45, 7) is 0. The first-order valence-corrected chi connectivity index (χ1v) is 5.69. The topological polar surface area (TPSA) is 37.3 Å². The van der Waals surface area contributed by atoms with Crippen molar-refractivity contribution in [3.05, 3.63) is 30.3 Å². The standard InChI is InChI=1S/C6H5.CHO2.Sn/c1-2-4-6-5-3-1;2-1-3;/h1-5H;(H,2,3);. The summed E-state index contributed by atoms with van der Waals surface area (Å²) in [6, 6.07) is 9.39. The minimum absolute atomic E-state index is 0.616. The van der Waals surface area contributed by atoms with Crippen LogP contribution < -0.4 is 3.58 Å². The molecule has 0 saturated carbocycles. The van der Waals surface area contributed by atoms with Crippen LogP contribution in [0.4, 0.5) is 4.79 Å². The van der Waals surface area contributed by atoms with Gasteiger partial charge in [-0.2, -0.15) is 0 Å². The molecule has 0 atom stereocenters. The van der Waals surface area contributed by atoms with Crippen molar-refractivity contribution >= 4 is 28.7 Å². The minimum atomic E-state index is -1.32. The van der Waals surface area contributed by atoms with Gasteiger partial charge in [-0.3, -0.25) is 0 Å². The Kier molecular flexibility index (Phi) is 2.74. The Hall–Kier alpha value is -0.511. The molecular weight excluding hydrogens is 235 g/mol. The molecule has 2 nitrogen and oxygen atoms in total. The zero-order valence-corrected chi connectivity index (χ0v) is 8.10. The molecule has 0 amide bonds. The third-order valence-corrected chi connectivity index (χ3v) is 3.41. The summed E-state index contributed by atoms with van der Waals surface area (Å²) in [7, 11) is 0. The van der Waals surface area contributed by atoms with Crippen LogP contribution >= 0.6 is 0 Å². The zero-order valence-electron chi connectivity index (χ0n) is 5.24. The van der Waals surface area contributed by atoms with Crippen molar-refractivity contribution in [2.75, 3.05) is 0 Å². The monoisotopic (exact) mass is 242 g/mol. The van der Waals surface area contributed by atoms with Crippen molar-refractivity contribution in [3.63, 3.8) is 0 Å². The van der Waals surface area contributed by atoms with Gasteiger partial charge in [-0.1, -0.05) is 0 Å². The molecule has 3 heteroatoms. The van der Waals surface area contributed by atoms with Crippen LogP contribution in [-0.4, -0.2) is 30.2 Å². The summed E-state index contributed by atoms with van der Waals surface area (Å²) >= 11 is -1.32. The van der Waals surface area contributed by atoms with E-state index >= 15 is 0 Å². The van der Waals surface area contributed by atoms with E-state index in [0.29, 0.717) is 0 Å². The van der Waals surface area contributed by atoms with Gasteiger partial charge >= 0.3 is 68.9 Å². The molecule has 0 heterocycles. The Morgan fingerprint density at radius 3 is 2.40 bits per heavy atom. The van der Waals surface area contributed by atoms with Gasteiger partial charge in [-0.15, -0.1) is 0 Å². The van der Waals surface area contributed by atoms with Gasteiger partial charge in [-0.25, -0.2) is 0 Å². The van der Waals surface area contributed by atoms with Gasteiger partial charge in [0.25, 0.3) is 0 Å². The fourth-order valence-corrected chi connectivity index (χ4v) is 2.37. The molecule has 0 aliphatic heterocycles. The number of carbonyl (C=O) groups is 1. The Bertz CT molecular complexity index is 220. The second-order valence-electron chi connectivity index (χ2n) is 1.80. The summed E-state index contributed by atoms with van der Waals surface area (Å²) in [5.41, 5.74) is 0. The number of carboxylic acid groups (broad SMARTS) is 1. The van der Waals surface area contributed by atoms with Crippen molar-refractivity contribution in [2.45, 2.75) is 0 Å². The Morgan fingerprint density at radius 1 is 1.30 bits per heavy atom. The van der Waals surface area contributed by atoms with Crippen LogP contribution in [0.3, 0.4) is 0 Å². The predicted octanol–water partition coefficient (Wildman–Crippen LogP) is 0.694. The molecular formula is C7H6O2Sn. The molecule has 0 fully saturated rings. The SMILES string of the molecule is O=[C](O)[Sn][c]1ccccc1. The van der Waals surface area contributed by atoms with E-state index in [-0.39, 0.29) is 0 Å². The van der Waals surface area contributed by atoms with Crippen LogP contribution in [-0.2, 0) is 0 Å². The van der Waals surface area contributed by atoms with Gasteiger partial charge in [0.1, 0.15) is 0 Å². The quantitative estimate of drug-likeness (QED) is 0.773. The maximum atomic E-state index is 10.2. The molecule has 0 aliphatic rings. The first-order valence-electron chi connectivity index (χ1n) is 2.84. The van der Waals surface area contributed by atoms with Crippen molar-refractivity contribution in [2.24, 2.45) is 0 Å². The fraction of sp³-hybridized carbons (Fsp3) is 0. The second-order valence-corrected chi connectivity index (χ2v) is 5.38. The summed E-state index contributed by atoms with van der Waals surface area (Å²) in [6.07, 6.45) is 0. The molecule has 1 aromatic carbocycles. The second kappa shape index (κ2) is 3.61. The summed E-state index contributed by atoms with van der Waals surface area (Å²) in [5.74, 6) is 0. The molecule has 1 rings (SSSR count). The van der Waals surface area contributed by atoms with Crippen molar-refractivity contribution < 1.29 is 9.90 Å². The zero-order chi connectivity index (χ0) is 7.40. The Morgan fingerprint density at radius 2 is 1.90 bits per heavy atom. The average molecular weight is 241 g/mol. The van der Waals surface area contributed by atoms with Crippen molar-refractivity contribution in [1.82, 2.24) is 0 Å². The number of benzene rings is 1. The van der Waals surface area contributed by atoms with E-state index in [9.17, 15) is 4.79 Å². The van der Waals surface area contributed by atoms with Gasteiger partial charge in [-0.05, 0) is 0 Å². The molecule has 0 aliphatic carbocycles. The molecule has 0 saturated heterocycles. The average Bonchev–Trinajstić information content (AvgIpc) is 1.88. The molecule has 1 N–H and O–H groups in total. The number of rotatable bonds is 2. The van der Waals surface area contributed by atoms with Crippen LogP contribution in [0.15, 0.2) is 30.3 Å². The van der Waals surface area contributed by atoms with E-state index in [1.165, 1.54) is 0 Å². The Labute approximate surface area is 69.1 Å². The van der Waals surface area contributed by atoms with Crippen LogP contribution in [0, 0.1) is 0 Å². The third kappa shape index (κ3) is 2.39. The van der Waals surface area contributed by atoms with E-state index < -0.39 is 25.1 Å². The summed E-state index contributed by atoms with van der Waals surface area (Å²) in [5, 5.41) is 8.44. The van der Waals surface area contributed by atoms with Crippen LogP contribution in [0.5, 0.6) is 0 Å². The van der Waals surface area contributed by atoms with E-state index in [1.54, 1.807) is 0 Å². The van der Waals surface area contributed by atoms with Gasteiger partial charge in [0.05, 0.1) is 0 Å². The molecule has 0 aromatic heterocycles. The Balaban J connectivity index is 2.67. The molecule has 10 heavy (non-hydrogen) atoms. The molecule has 0 bridgehead atoms. The fourth-order valence-electron chi connectivity index (χ4n) is 0.645. The van der Waals surface area contributed by atoms with Gasteiger partial charge in [0.2, 0.25) is 0 Å². The van der Waals surface area contributed by atoms with Crippen molar-refractivity contribution in [3.8, 4) is 0 Å². The van der Waals surface area contributed by atoms with Gasteiger partial charge in [0, 0.05) is 0 Å². The van der Waals surface area contributed by atoms with Crippen molar-refractivity contribution in [1.29, 1.82) is 0 Å². The normalized spacial score (nSPS) is 9.20. The van der Waals surface area contributed by atoms with Crippen LogP contribution in [0.2, 0.25) is 0 Å². The summed E-state index contributed by atoms with van der Waals surface area (Å²) in [4.78, 5) is 10.2. The van der Waals surface area contributed by atoms with E-state index in [4.69, 9.17) is 5.11 Å². The van der Waals surface area contributed by atoms with Crippen LogP contribution in [0.25, 0.3) is 0 Å². The maximum absolute atomic E-state index is 10.2.